The molecule has 1 heterocycles. The van der Waals surface area contributed by atoms with E-state index in [0.29, 0.717) is 12.0 Å². The van der Waals surface area contributed by atoms with Gasteiger partial charge in [-0.15, -0.1) is 0 Å². The number of ether oxygens (including phenoxy) is 3. The van der Waals surface area contributed by atoms with Gasteiger partial charge in [0, 0.05) is 6.61 Å². The fourth-order valence-corrected chi connectivity index (χ4v) is 1.83. The molecule has 0 radical (unpaired) electrons. The molecule has 2 N–H and O–H groups in total. The molecule has 4 nitrogen and oxygen atoms in total. The summed E-state index contributed by atoms with van der Waals surface area (Å²) in [4.78, 5) is 0. The van der Waals surface area contributed by atoms with Crippen LogP contribution in [0.25, 0.3) is 0 Å². The van der Waals surface area contributed by atoms with Crippen molar-refractivity contribution in [3.63, 3.8) is 0 Å². The second-order valence-corrected chi connectivity index (χ2v) is 6.10. The Kier molecular flexibility index (Phi) is 4.32. The highest BCUT2D eigenvalue weighted by atomic mass is 16.7. The summed E-state index contributed by atoms with van der Waals surface area (Å²) < 4.78 is 16.3. The van der Waals surface area contributed by atoms with Crippen LogP contribution in [0.15, 0.2) is 18.2 Å². The highest BCUT2D eigenvalue weighted by Gasteiger charge is 2.16. The van der Waals surface area contributed by atoms with Gasteiger partial charge in [-0.25, -0.2) is 0 Å². The van der Waals surface area contributed by atoms with Gasteiger partial charge in [-0.3, -0.25) is 0 Å². The molecule has 1 aliphatic heterocycles. The van der Waals surface area contributed by atoms with Gasteiger partial charge in [-0.05, 0) is 29.5 Å². The molecule has 4 heteroatoms. The van der Waals surface area contributed by atoms with Crippen LogP contribution in [0.5, 0.6) is 11.5 Å². The first-order valence-electron chi connectivity index (χ1n) is 6.68. The van der Waals surface area contributed by atoms with Crippen molar-refractivity contribution in [1.29, 1.82) is 0 Å². The van der Waals surface area contributed by atoms with E-state index in [0.717, 1.165) is 30.1 Å². The van der Waals surface area contributed by atoms with Crippen LogP contribution in [0.3, 0.4) is 0 Å². The molecule has 0 bridgehead atoms. The molecule has 0 saturated heterocycles. The van der Waals surface area contributed by atoms with Gasteiger partial charge >= 0.3 is 0 Å². The van der Waals surface area contributed by atoms with Crippen LogP contribution < -0.4 is 15.2 Å². The van der Waals surface area contributed by atoms with E-state index in [-0.39, 0.29) is 12.8 Å². The average Bonchev–Trinajstić information content (AvgIpc) is 2.80. The van der Waals surface area contributed by atoms with Crippen LogP contribution in [-0.2, 0) is 4.74 Å². The molecule has 0 saturated carbocycles. The fraction of sp³-hybridized carbons (Fsp3) is 0.600. The van der Waals surface area contributed by atoms with Crippen LogP contribution in [0, 0.1) is 5.41 Å². The number of benzene rings is 1. The van der Waals surface area contributed by atoms with Gasteiger partial charge in [0.1, 0.15) is 0 Å². The Labute approximate surface area is 114 Å². The number of hydrogen-bond acceptors (Lipinski definition) is 4. The molecular weight excluding hydrogens is 242 g/mol. The second kappa shape index (κ2) is 5.80. The van der Waals surface area contributed by atoms with E-state index in [2.05, 4.69) is 20.8 Å². The Hall–Kier alpha value is -1.26. The SMILES string of the molecule is CC(C)(C)CCOCC(N)c1ccc2c(c1)OCO2. The highest BCUT2D eigenvalue weighted by molar-refractivity contribution is 5.45. The monoisotopic (exact) mass is 265 g/mol. The topological polar surface area (TPSA) is 53.7 Å². The van der Waals surface area contributed by atoms with Gasteiger partial charge in [-0.2, -0.15) is 0 Å². The van der Waals surface area contributed by atoms with Crippen molar-refractivity contribution in [2.45, 2.75) is 33.2 Å². The van der Waals surface area contributed by atoms with Gasteiger partial charge in [0.15, 0.2) is 11.5 Å². The Bertz CT molecular complexity index is 426. The van der Waals surface area contributed by atoms with E-state index < -0.39 is 0 Å². The molecule has 106 valence electrons. The maximum atomic E-state index is 6.12. The first-order chi connectivity index (χ1) is 8.96. The Morgan fingerprint density at radius 2 is 2.00 bits per heavy atom. The fourth-order valence-electron chi connectivity index (χ4n) is 1.83. The van der Waals surface area contributed by atoms with E-state index in [4.69, 9.17) is 19.9 Å². The van der Waals surface area contributed by atoms with Crippen molar-refractivity contribution in [3.05, 3.63) is 23.8 Å². The van der Waals surface area contributed by atoms with Crippen LogP contribution >= 0.6 is 0 Å². The summed E-state index contributed by atoms with van der Waals surface area (Å²) in [6, 6.07) is 5.66. The Balaban J connectivity index is 1.81. The van der Waals surface area contributed by atoms with Crippen molar-refractivity contribution in [3.8, 4) is 11.5 Å². The van der Waals surface area contributed by atoms with Gasteiger partial charge in [0.2, 0.25) is 6.79 Å². The van der Waals surface area contributed by atoms with E-state index >= 15 is 0 Å². The zero-order valence-electron chi connectivity index (χ0n) is 11.9. The lowest BCUT2D eigenvalue weighted by Crippen LogP contribution is -2.19. The van der Waals surface area contributed by atoms with Gasteiger partial charge < -0.3 is 19.9 Å². The maximum absolute atomic E-state index is 6.12. The smallest absolute Gasteiger partial charge is 0.231 e. The predicted octanol–water partition coefficient (Wildman–Crippen LogP) is 2.87. The molecule has 0 fully saturated rings. The van der Waals surface area contributed by atoms with Gasteiger partial charge in [0.05, 0.1) is 12.6 Å². The van der Waals surface area contributed by atoms with Crippen molar-refractivity contribution in [1.82, 2.24) is 0 Å². The first-order valence-corrected chi connectivity index (χ1v) is 6.68. The lowest BCUT2D eigenvalue weighted by molar-refractivity contribution is 0.0974. The number of hydrogen-bond donors (Lipinski definition) is 1. The summed E-state index contributed by atoms with van der Waals surface area (Å²) in [6.07, 6.45) is 1.03. The number of rotatable bonds is 5. The molecule has 1 aromatic carbocycles. The summed E-state index contributed by atoms with van der Waals surface area (Å²) in [5.74, 6) is 1.55. The summed E-state index contributed by atoms with van der Waals surface area (Å²) in [7, 11) is 0. The molecule has 0 aromatic heterocycles. The summed E-state index contributed by atoms with van der Waals surface area (Å²) in [5.41, 5.74) is 7.43. The van der Waals surface area contributed by atoms with E-state index in [1.54, 1.807) is 0 Å². The molecule has 1 aliphatic rings. The van der Waals surface area contributed by atoms with Crippen LogP contribution in [0.2, 0.25) is 0 Å². The van der Waals surface area contributed by atoms with Crippen molar-refractivity contribution in [2.24, 2.45) is 11.1 Å². The average molecular weight is 265 g/mol. The minimum Gasteiger partial charge on any atom is -0.454 e. The van der Waals surface area contributed by atoms with Crippen LogP contribution in [0.4, 0.5) is 0 Å². The zero-order valence-corrected chi connectivity index (χ0v) is 11.9. The Morgan fingerprint density at radius 3 is 2.74 bits per heavy atom. The number of fused-ring (bicyclic) bond motifs is 1. The Morgan fingerprint density at radius 1 is 1.26 bits per heavy atom. The predicted molar refractivity (Wildman–Crippen MR) is 74.4 cm³/mol. The van der Waals surface area contributed by atoms with Crippen LogP contribution in [-0.4, -0.2) is 20.0 Å². The summed E-state index contributed by atoms with van der Waals surface area (Å²) in [6.45, 7) is 8.16. The molecular formula is C15H23NO3. The third-order valence-corrected chi connectivity index (χ3v) is 3.12. The normalized spacial score (nSPS) is 15.6. The molecule has 0 amide bonds. The number of nitrogens with two attached hydrogens (primary N) is 1. The van der Waals surface area contributed by atoms with E-state index in [1.807, 2.05) is 18.2 Å². The molecule has 0 aliphatic carbocycles. The van der Waals surface area contributed by atoms with Crippen molar-refractivity contribution in [2.75, 3.05) is 20.0 Å². The molecule has 0 spiro atoms. The van der Waals surface area contributed by atoms with Gasteiger partial charge in [-0.1, -0.05) is 26.8 Å². The summed E-state index contributed by atoms with van der Waals surface area (Å²) in [5, 5.41) is 0. The minimum atomic E-state index is -0.130. The third kappa shape index (κ3) is 4.11. The lowest BCUT2D eigenvalue weighted by Gasteiger charge is -2.19. The van der Waals surface area contributed by atoms with E-state index in [9.17, 15) is 0 Å². The molecule has 1 aromatic rings. The molecule has 1 atom stereocenters. The third-order valence-electron chi connectivity index (χ3n) is 3.12. The standard InChI is InChI=1S/C15H23NO3/c1-15(2,3)6-7-17-9-12(16)11-4-5-13-14(8-11)19-10-18-13/h4-5,8,12H,6-7,9-10,16H2,1-3H3. The zero-order chi connectivity index (χ0) is 13.9. The molecule has 19 heavy (non-hydrogen) atoms. The summed E-state index contributed by atoms with van der Waals surface area (Å²) >= 11 is 0. The minimum absolute atomic E-state index is 0.130. The molecule has 1 unspecified atom stereocenters. The first kappa shape index (κ1) is 14.2. The largest absolute Gasteiger partial charge is 0.454 e. The molecule has 2 rings (SSSR count). The second-order valence-electron chi connectivity index (χ2n) is 6.10. The highest BCUT2D eigenvalue weighted by Crippen LogP contribution is 2.33. The van der Waals surface area contributed by atoms with Crippen molar-refractivity contribution < 1.29 is 14.2 Å². The van der Waals surface area contributed by atoms with E-state index in [1.165, 1.54) is 0 Å². The van der Waals surface area contributed by atoms with Gasteiger partial charge in [0.25, 0.3) is 0 Å². The van der Waals surface area contributed by atoms with Crippen molar-refractivity contribution >= 4 is 0 Å². The van der Waals surface area contributed by atoms with Crippen LogP contribution in [0.1, 0.15) is 38.8 Å². The quantitative estimate of drug-likeness (QED) is 0.832. The maximum Gasteiger partial charge on any atom is 0.231 e. The lowest BCUT2D eigenvalue weighted by atomic mass is 9.93.